The molecule has 0 saturated carbocycles. The standard InChI is InChI=1S/C18H14F3N5O/c1-26-17-14(10-23-26)16(22-9-13-6-3-7-27-13)24-15(25-17)11-4-2-5-12(8-11)18(19,20)21/h2-8,10H,9H2,1H3,(H,22,24,25). The Kier molecular flexibility index (Phi) is 4.06. The molecule has 1 aromatic carbocycles. The summed E-state index contributed by atoms with van der Waals surface area (Å²) in [7, 11) is 1.71. The van der Waals surface area contributed by atoms with Crippen LogP contribution in [0, 0.1) is 0 Å². The molecule has 138 valence electrons. The highest BCUT2D eigenvalue weighted by Crippen LogP contribution is 2.32. The third kappa shape index (κ3) is 3.35. The van der Waals surface area contributed by atoms with Crippen molar-refractivity contribution in [3.05, 3.63) is 60.2 Å². The van der Waals surface area contributed by atoms with Crippen LogP contribution in [0.5, 0.6) is 0 Å². The van der Waals surface area contributed by atoms with Gasteiger partial charge in [0.25, 0.3) is 0 Å². The van der Waals surface area contributed by atoms with E-state index in [9.17, 15) is 13.2 Å². The molecule has 0 aliphatic heterocycles. The molecule has 1 N–H and O–H groups in total. The summed E-state index contributed by atoms with van der Waals surface area (Å²) < 4.78 is 45.9. The van der Waals surface area contributed by atoms with Crippen molar-refractivity contribution in [3.63, 3.8) is 0 Å². The molecule has 4 aromatic rings. The van der Waals surface area contributed by atoms with Gasteiger partial charge in [-0.3, -0.25) is 4.68 Å². The van der Waals surface area contributed by atoms with Gasteiger partial charge in [0.15, 0.2) is 11.5 Å². The first kappa shape index (κ1) is 17.1. The molecular formula is C18H14F3N5O. The predicted octanol–water partition coefficient (Wildman–Crippen LogP) is 4.25. The van der Waals surface area contributed by atoms with Gasteiger partial charge in [-0.25, -0.2) is 9.97 Å². The predicted molar refractivity (Wildman–Crippen MR) is 92.8 cm³/mol. The van der Waals surface area contributed by atoms with Gasteiger partial charge in [0, 0.05) is 12.6 Å². The quantitative estimate of drug-likeness (QED) is 0.579. The average molecular weight is 373 g/mol. The van der Waals surface area contributed by atoms with Gasteiger partial charge in [-0.1, -0.05) is 12.1 Å². The lowest BCUT2D eigenvalue weighted by Gasteiger charge is -2.10. The second-order valence-corrected chi connectivity index (χ2v) is 5.91. The molecule has 0 unspecified atom stereocenters. The number of fused-ring (bicyclic) bond motifs is 1. The lowest BCUT2D eigenvalue weighted by atomic mass is 10.1. The Labute approximate surface area is 151 Å². The highest BCUT2D eigenvalue weighted by atomic mass is 19.4. The maximum absolute atomic E-state index is 13.0. The van der Waals surface area contributed by atoms with Gasteiger partial charge < -0.3 is 9.73 Å². The summed E-state index contributed by atoms with van der Waals surface area (Å²) in [5.74, 6) is 1.35. The summed E-state index contributed by atoms with van der Waals surface area (Å²) in [6.45, 7) is 0.371. The van der Waals surface area contributed by atoms with Crippen LogP contribution < -0.4 is 5.32 Å². The zero-order chi connectivity index (χ0) is 19.0. The van der Waals surface area contributed by atoms with Gasteiger partial charge in [-0.15, -0.1) is 0 Å². The molecule has 0 bridgehead atoms. The van der Waals surface area contributed by atoms with E-state index in [0.717, 1.165) is 12.1 Å². The van der Waals surface area contributed by atoms with E-state index in [0.29, 0.717) is 29.2 Å². The van der Waals surface area contributed by atoms with E-state index >= 15 is 0 Å². The Morgan fingerprint density at radius 2 is 2.00 bits per heavy atom. The molecule has 0 aliphatic carbocycles. The summed E-state index contributed by atoms with van der Waals surface area (Å²) in [5.41, 5.74) is 0.0344. The number of nitrogens with one attached hydrogen (secondary N) is 1. The Morgan fingerprint density at radius 1 is 1.15 bits per heavy atom. The van der Waals surface area contributed by atoms with Crippen molar-refractivity contribution < 1.29 is 17.6 Å². The van der Waals surface area contributed by atoms with Crippen molar-refractivity contribution in [1.29, 1.82) is 0 Å². The number of benzene rings is 1. The van der Waals surface area contributed by atoms with Crippen LogP contribution in [-0.2, 0) is 19.8 Å². The van der Waals surface area contributed by atoms with Crippen molar-refractivity contribution in [2.75, 3.05) is 5.32 Å². The van der Waals surface area contributed by atoms with Gasteiger partial charge in [0.2, 0.25) is 0 Å². The van der Waals surface area contributed by atoms with E-state index in [2.05, 4.69) is 20.4 Å². The largest absolute Gasteiger partial charge is 0.467 e. The van der Waals surface area contributed by atoms with Crippen LogP contribution in [0.1, 0.15) is 11.3 Å². The molecule has 4 rings (SSSR count). The number of alkyl halides is 3. The zero-order valence-electron chi connectivity index (χ0n) is 14.2. The Morgan fingerprint density at radius 3 is 2.74 bits per heavy atom. The SMILES string of the molecule is Cn1ncc2c(NCc3ccco3)nc(-c3cccc(C(F)(F)F)c3)nc21. The smallest absolute Gasteiger partial charge is 0.416 e. The van der Waals surface area contributed by atoms with E-state index < -0.39 is 11.7 Å². The van der Waals surface area contributed by atoms with Gasteiger partial charge in [-0.05, 0) is 24.3 Å². The minimum absolute atomic E-state index is 0.180. The van der Waals surface area contributed by atoms with Gasteiger partial charge in [-0.2, -0.15) is 18.3 Å². The molecule has 0 aliphatic rings. The second kappa shape index (κ2) is 6.42. The molecule has 3 heterocycles. The van der Waals surface area contributed by atoms with E-state index in [-0.39, 0.29) is 11.4 Å². The van der Waals surface area contributed by atoms with Crippen molar-refractivity contribution >= 4 is 16.9 Å². The van der Waals surface area contributed by atoms with Crippen molar-refractivity contribution in [2.24, 2.45) is 7.05 Å². The first-order valence-electron chi connectivity index (χ1n) is 8.05. The van der Waals surface area contributed by atoms with Crippen LogP contribution in [-0.4, -0.2) is 19.7 Å². The van der Waals surface area contributed by atoms with Crippen LogP contribution in [0.2, 0.25) is 0 Å². The molecule has 27 heavy (non-hydrogen) atoms. The van der Waals surface area contributed by atoms with E-state index in [4.69, 9.17) is 4.42 Å². The monoisotopic (exact) mass is 373 g/mol. The molecule has 9 heteroatoms. The van der Waals surface area contributed by atoms with Crippen LogP contribution in [0.25, 0.3) is 22.4 Å². The van der Waals surface area contributed by atoms with E-state index in [1.807, 2.05) is 6.07 Å². The van der Waals surface area contributed by atoms with Crippen LogP contribution in [0.3, 0.4) is 0 Å². The maximum Gasteiger partial charge on any atom is 0.416 e. The Balaban J connectivity index is 1.78. The fourth-order valence-corrected chi connectivity index (χ4v) is 2.70. The van der Waals surface area contributed by atoms with E-state index in [1.165, 1.54) is 6.07 Å². The van der Waals surface area contributed by atoms with Gasteiger partial charge in [0.1, 0.15) is 11.6 Å². The summed E-state index contributed by atoms with van der Waals surface area (Å²) in [4.78, 5) is 8.81. The molecule has 0 amide bonds. The first-order valence-corrected chi connectivity index (χ1v) is 8.05. The number of hydrogen-bond acceptors (Lipinski definition) is 5. The first-order chi connectivity index (χ1) is 12.9. The van der Waals surface area contributed by atoms with Crippen LogP contribution in [0.4, 0.5) is 19.0 Å². The zero-order valence-corrected chi connectivity index (χ0v) is 14.2. The normalized spacial score (nSPS) is 11.9. The average Bonchev–Trinajstić information content (AvgIpc) is 3.29. The third-order valence-corrected chi connectivity index (χ3v) is 4.05. The molecule has 0 spiro atoms. The molecule has 0 saturated heterocycles. The number of rotatable bonds is 4. The minimum atomic E-state index is -4.44. The molecular weight excluding hydrogens is 359 g/mol. The molecule has 6 nitrogen and oxygen atoms in total. The van der Waals surface area contributed by atoms with Crippen molar-refractivity contribution in [1.82, 2.24) is 19.7 Å². The fourth-order valence-electron chi connectivity index (χ4n) is 2.70. The molecule has 0 radical (unpaired) electrons. The Bertz CT molecular complexity index is 1090. The number of anilines is 1. The fraction of sp³-hybridized carbons (Fsp3) is 0.167. The van der Waals surface area contributed by atoms with E-state index in [1.54, 1.807) is 36.3 Å². The van der Waals surface area contributed by atoms with Gasteiger partial charge in [0.05, 0.1) is 30.0 Å². The number of nitrogens with zero attached hydrogens (tertiary/aromatic N) is 4. The summed E-state index contributed by atoms with van der Waals surface area (Å²) >= 11 is 0. The van der Waals surface area contributed by atoms with Crippen molar-refractivity contribution in [2.45, 2.75) is 12.7 Å². The highest BCUT2D eigenvalue weighted by Gasteiger charge is 2.30. The lowest BCUT2D eigenvalue weighted by Crippen LogP contribution is -2.06. The summed E-state index contributed by atoms with van der Waals surface area (Å²) in [5, 5.41) is 7.97. The van der Waals surface area contributed by atoms with Gasteiger partial charge >= 0.3 is 6.18 Å². The second-order valence-electron chi connectivity index (χ2n) is 5.91. The molecule has 0 atom stereocenters. The highest BCUT2D eigenvalue weighted by molar-refractivity contribution is 5.88. The topological polar surface area (TPSA) is 68.8 Å². The van der Waals surface area contributed by atoms with Crippen molar-refractivity contribution in [3.8, 4) is 11.4 Å². The van der Waals surface area contributed by atoms with Crippen LogP contribution >= 0.6 is 0 Å². The number of halogens is 3. The lowest BCUT2D eigenvalue weighted by molar-refractivity contribution is -0.137. The third-order valence-electron chi connectivity index (χ3n) is 4.05. The number of hydrogen-bond donors (Lipinski definition) is 1. The maximum atomic E-state index is 13.0. The Hall–Kier alpha value is -3.36. The number of aromatic nitrogens is 4. The summed E-state index contributed by atoms with van der Waals surface area (Å²) in [6.07, 6.45) is -1.27. The molecule has 3 aromatic heterocycles. The minimum Gasteiger partial charge on any atom is -0.467 e. The number of furan rings is 1. The molecule has 0 fully saturated rings. The van der Waals surface area contributed by atoms with Crippen LogP contribution in [0.15, 0.2) is 53.3 Å². The summed E-state index contributed by atoms with van der Waals surface area (Å²) in [6, 6.07) is 8.51. The number of aryl methyl sites for hydroxylation is 1.